The second-order valence-corrected chi connectivity index (χ2v) is 6.44. The first-order valence-corrected chi connectivity index (χ1v) is 7.81. The topological polar surface area (TPSA) is 21.3 Å². The van der Waals surface area contributed by atoms with E-state index in [1.165, 1.54) is 24.1 Å². The minimum atomic E-state index is 0.713. The van der Waals surface area contributed by atoms with Gasteiger partial charge in [0, 0.05) is 22.7 Å². The number of methoxy groups -OCH3 is 1. The predicted molar refractivity (Wildman–Crippen MR) is 72.7 cm³/mol. The smallest absolute Gasteiger partial charge is 0.173 e. The quantitative estimate of drug-likeness (QED) is 0.875. The molecule has 1 aromatic rings. The fourth-order valence-corrected chi connectivity index (χ4v) is 3.71. The van der Waals surface area contributed by atoms with Crippen molar-refractivity contribution in [2.75, 3.05) is 13.4 Å². The highest BCUT2D eigenvalue weighted by molar-refractivity contribution is 7.99. The van der Waals surface area contributed by atoms with E-state index in [-0.39, 0.29) is 0 Å². The van der Waals surface area contributed by atoms with Crippen LogP contribution in [0.4, 0.5) is 0 Å². The zero-order valence-electron chi connectivity index (χ0n) is 9.86. The van der Waals surface area contributed by atoms with Crippen LogP contribution in [0.25, 0.3) is 0 Å². The molecule has 1 heterocycles. The van der Waals surface area contributed by atoms with Gasteiger partial charge in [0.1, 0.15) is 0 Å². The third kappa shape index (κ3) is 3.15. The zero-order valence-corrected chi connectivity index (χ0v) is 11.5. The van der Waals surface area contributed by atoms with Crippen molar-refractivity contribution in [3.63, 3.8) is 0 Å². The molecule has 4 heteroatoms. The molecule has 2 atom stereocenters. The first kappa shape index (κ1) is 12.3. The van der Waals surface area contributed by atoms with E-state index in [0.717, 1.165) is 16.9 Å². The molecule has 1 aliphatic rings. The van der Waals surface area contributed by atoms with Gasteiger partial charge in [0.05, 0.1) is 7.11 Å². The Morgan fingerprint density at radius 2 is 2.38 bits per heavy atom. The lowest BCUT2D eigenvalue weighted by atomic mass is 10.2. The summed E-state index contributed by atoms with van der Waals surface area (Å²) in [6.07, 6.45) is 6.24. The molecule has 2 rings (SSSR count). The maximum Gasteiger partial charge on any atom is 0.173 e. The summed E-state index contributed by atoms with van der Waals surface area (Å²) in [7, 11) is 1.73. The summed E-state index contributed by atoms with van der Waals surface area (Å²) < 4.78 is 5.19. The van der Waals surface area contributed by atoms with Crippen LogP contribution in [0.15, 0.2) is 12.1 Å². The van der Waals surface area contributed by atoms with Crippen molar-refractivity contribution in [1.82, 2.24) is 5.32 Å². The first-order chi connectivity index (χ1) is 7.81. The van der Waals surface area contributed by atoms with E-state index in [0.29, 0.717) is 6.04 Å². The van der Waals surface area contributed by atoms with Gasteiger partial charge in [0.25, 0.3) is 0 Å². The lowest BCUT2D eigenvalue weighted by Gasteiger charge is -2.11. The maximum atomic E-state index is 5.19. The average molecular weight is 257 g/mol. The molecule has 1 aromatic heterocycles. The molecule has 90 valence electrons. The van der Waals surface area contributed by atoms with E-state index in [9.17, 15) is 0 Å². The molecular formula is C12H19NOS2. The highest BCUT2D eigenvalue weighted by Crippen LogP contribution is 2.29. The van der Waals surface area contributed by atoms with Gasteiger partial charge in [0.2, 0.25) is 0 Å². The number of hydrogen-bond acceptors (Lipinski definition) is 4. The summed E-state index contributed by atoms with van der Waals surface area (Å²) in [5.41, 5.74) is 0. The van der Waals surface area contributed by atoms with Crippen molar-refractivity contribution in [2.24, 2.45) is 0 Å². The summed E-state index contributed by atoms with van der Waals surface area (Å²) in [6, 6.07) is 4.91. The second-order valence-electron chi connectivity index (χ2n) is 4.17. The summed E-state index contributed by atoms with van der Waals surface area (Å²) in [5.74, 6) is 0. The SMILES string of the molecule is COc1ccc(CNC2CCC(SC)C2)s1. The van der Waals surface area contributed by atoms with E-state index in [2.05, 4.69) is 17.6 Å². The van der Waals surface area contributed by atoms with Crippen LogP contribution in [-0.4, -0.2) is 24.7 Å². The second kappa shape index (κ2) is 5.94. The molecule has 0 aliphatic heterocycles. The Hall–Kier alpha value is -0.190. The van der Waals surface area contributed by atoms with Gasteiger partial charge in [0.15, 0.2) is 5.06 Å². The molecule has 1 saturated carbocycles. The summed E-state index contributed by atoms with van der Waals surface area (Å²) in [4.78, 5) is 1.37. The Labute approximate surface area is 106 Å². The third-order valence-electron chi connectivity index (χ3n) is 3.12. The molecule has 1 fully saturated rings. The Balaban J connectivity index is 1.75. The Kier molecular flexibility index (Phi) is 4.55. The molecule has 1 N–H and O–H groups in total. The number of nitrogens with one attached hydrogen (secondary N) is 1. The molecule has 16 heavy (non-hydrogen) atoms. The van der Waals surface area contributed by atoms with Gasteiger partial charge < -0.3 is 10.1 Å². The van der Waals surface area contributed by atoms with Crippen LogP contribution in [0, 0.1) is 0 Å². The van der Waals surface area contributed by atoms with Gasteiger partial charge >= 0.3 is 0 Å². The van der Waals surface area contributed by atoms with Crippen LogP contribution in [-0.2, 0) is 6.54 Å². The standard InChI is InChI=1S/C12H19NOS2/c1-14-12-6-5-11(16-12)8-13-9-3-4-10(7-9)15-2/h5-6,9-10,13H,3-4,7-8H2,1-2H3. The monoisotopic (exact) mass is 257 g/mol. The van der Waals surface area contributed by atoms with Crippen LogP contribution < -0.4 is 10.1 Å². The molecule has 1 aliphatic carbocycles. The highest BCUT2D eigenvalue weighted by Gasteiger charge is 2.23. The van der Waals surface area contributed by atoms with Crippen molar-refractivity contribution in [1.29, 1.82) is 0 Å². The number of hydrogen-bond donors (Lipinski definition) is 1. The van der Waals surface area contributed by atoms with Crippen molar-refractivity contribution in [3.8, 4) is 5.06 Å². The van der Waals surface area contributed by atoms with E-state index in [4.69, 9.17) is 4.74 Å². The van der Waals surface area contributed by atoms with Crippen LogP contribution in [0.2, 0.25) is 0 Å². The van der Waals surface area contributed by atoms with Gasteiger partial charge in [-0.25, -0.2) is 0 Å². The Morgan fingerprint density at radius 1 is 1.50 bits per heavy atom. The average Bonchev–Trinajstić information content (AvgIpc) is 2.95. The first-order valence-electron chi connectivity index (χ1n) is 5.70. The van der Waals surface area contributed by atoms with Gasteiger partial charge in [-0.3, -0.25) is 0 Å². The minimum absolute atomic E-state index is 0.713. The number of thioether (sulfide) groups is 1. The number of ether oxygens (including phenoxy) is 1. The molecule has 0 amide bonds. The third-order valence-corrected chi connectivity index (χ3v) is 5.26. The van der Waals surface area contributed by atoms with E-state index in [1.54, 1.807) is 18.4 Å². The van der Waals surface area contributed by atoms with Crippen molar-refractivity contribution in [2.45, 2.75) is 37.1 Å². The van der Waals surface area contributed by atoms with E-state index in [1.807, 2.05) is 17.8 Å². The fourth-order valence-electron chi connectivity index (χ4n) is 2.15. The van der Waals surface area contributed by atoms with Crippen molar-refractivity contribution >= 4 is 23.1 Å². The van der Waals surface area contributed by atoms with Crippen molar-refractivity contribution in [3.05, 3.63) is 17.0 Å². The van der Waals surface area contributed by atoms with E-state index < -0.39 is 0 Å². The van der Waals surface area contributed by atoms with Gasteiger partial charge in [-0.1, -0.05) is 0 Å². The molecule has 0 spiro atoms. The Bertz CT molecular complexity index is 327. The minimum Gasteiger partial charge on any atom is -0.487 e. The Morgan fingerprint density at radius 3 is 3.00 bits per heavy atom. The molecule has 2 nitrogen and oxygen atoms in total. The van der Waals surface area contributed by atoms with Crippen LogP contribution in [0.3, 0.4) is 0 Å². The molecule has 0 radical (unpaired) electrons. The number of rotatable bonds is 5. The van der Waals surface area contributed by atoms with E-state index >= 15 is 0 Å². The molecular weight excluding hydrogens is 238 g/mol. The zero-order chi connectivity index (χ0) is 11.4. The molecule has 0 bridgehead atoms. The number of thiophene rings is 1. The molecule has 0 saturated heterocycles. The van der Waals surface area contributed by atoms with Gasteiger partial charge in [-0.2, -0.15) is 11.8 Å². The lowest BCUT2D eigenvalue weighted by molar-refractivity contribution is 0.427. The predicted octanol–water partition coefficient (Wildman–Crippen LogP) is 3.13. The summed E-state index contributed by atoms with van der Waals surface area (Å²) in [5, 5.41) is 5.52. The fraction of sp³-hybridized carbons (Fsp3) is 0.667. The lowest BCUT2D eigenvalue weighted by Crippen LogP contribution is -2.25. The van der Waals surface area contributed by atoms with Crippen LogP contribution in [0.1, 0.15) is 24.1 Å². The van der Waals surface area contributed by atoms with Crippen molar-refractivity contribution < 1.29 is 4.74 Å². The summed E-state index contributed by atoms with van der Waals surface area (Å²) >= 11 is 3.74. The normalized spacial score (nSPS) is 24.9. The largest absolute Gasteiger partial charge is 0.487 e. The van der Waals surface area contributed by atoms with Crippen LogP contribution in [0.5, 0.6) is 5.06 Å². The van der Waals surface area contributed by atoms with Gasteiger partial charge in [-0.05, 0) is 37.7 Å². The maximum absolute atomic E-state index is 5.19. The summed E-state index contributed by atoms with van der Waals surface area (Å²) in [6.45, 7) is 0.986. The highest BCUT2D eigenvalue weighted by atomic mass is 32.2. The molecule has 2 unspecified atom stereocenters. The van der Waals surface area contributed by atoms with Gasteiger partial charge in [-0.15, -0.1) is 11.3 Å². The molecule has 0 aromatic carbocycles. The van der Waals surface area contributed by atoms with Crippen LogP contribution >= 0.6 is 23.1 Å².